The lowest BCUT2D eigenvalue weighted by molar-refractivity contribution is 0.0840. The van der Waals surface area contributed by atoms with E-state index in [1.165, 1.54) is 7.11 Å². The van der Waals surface area contributed by atoms with Crippen molar-refractivity contribution in [2.45, 2.75) is 19.9 Å². The first-order valence-electron chi connectivity index (χ1n) is 9.95. The smallest absolute Gasteiger partial charge is 0.251 e. The highest BCUT2D eigenvalue weighted by Crippen LogP contribution is 2.30. The molecular formula is C25H25N3O3. The van der Waals surface area contributed by atoms with Crippen molar-refractivity contribution < 1.29 is 14.6 Å². The molecule has 0 aliphatic carbocycles. The van der Waals surface area contributed by atoms with E-state index in [2.05, 4.69) is 16.4 Å². The molecular weight excluding hydrogens is 390 g/mol. The number of nitrogens with one attached hydrogen (secondary N) is 1. The molecule has 0 saturated carbocycles. The van der Waals surface area contributed by atoms with E-state index in [4.69, 9.17) is 4.74 Å². The standard InChI is InChI=1S/C25H25N3O3/c1-16-4-6-18(12-26)23(8-16)19-9-20(24-7-5-17(2)13-27-24)11-21(10-19)25(30)28-22(14-29)15-31-3/h4-11,13,22,29H,14-15H2,1-3H3,(H,28,30). The Labute approximate surface area is 182 Å². The Morgan fingerprint density at radius 3 is 2.52 bits per heavy atom. The first kappa shape index (κ1) is 22.2. The van der Waals surface area contributed by atoms with Gasteiger partial charge in [-0.1, -0.05) is 23.8 Å². The molecule has 6 nitrogen and oxygen atoms in total. The minimum Gasteiger partial charge on any atom is -0.394 e. The van der Waals surface area contributed by atoms with E-state index < -0.39 is 6.04 Å². The molecule has 3 rings (SSSR count). The van der Waals surface area contributed by atoms with E-state index in [-0.39, 0.29) is 19.1 Å². The molecule has 158 valence electrons. The van der Waals surface area contributed by atoms with Crippen molar-refractivity contribution in [3.63, 3.8) is 0 Å². The molecule has 0 radical (unpaired) electrons. The van der Waals surface area contributed by atoms with Crippen LogP contribution in [0.15, 0.2) is 54.7 Å². The number of ether oxygens (including phenoxy) is 1. The molecule has 1 atom stereocenters. The number of benzene rings is 2. The number of aromatic nitrogens is 1. The normalized spacial score (nSPS) is 11.6. The van der Waals surface area contributed by atoms with Crippen LogP contribution in [-0.4, -0.2) is 42.4 Å². The number of rotatable bonds is 7. The molecule has 1 heterocycles. The van der Waals surface area contributed by atoms with Gasteiger partial charge in [-0.05, 0) is 60.9 Å². The molecule has 31 heavy (non-hydrogen) atoms. The van der Waals surface area contributed by atoms with Crippen LogP contribution in [0.2, 0.25) is 0 Å². The first-order valence-corrected chi connectivity index (χ1v) is 9.95. The van der Waals surface area contributed by atoms with Gasteiger partial charge in [-0.25, -0.2) is 0 Å². The Balaban J connectivity index is 2.13. The van der Waals surface area contributed by atoms with Crippen LogP contribution in [0.5, 0.6) is 0 Å². The molecule has 0 aliphatic heterocycles. The minimum atomic E-state index is -0.518. The van der Waals surface area contributed by atoms with Gasteiger partial charge in [0.2, 0.25) is 0 Å². The number of amides is 1. The first-order chi connectivity index (χ1) is 14.9. The second-order valence-electron chi connectivity index (χ2n) is 7.49. The molecule has 2 aromatic carbocycles. The molecule has 0 spiro atoms. The van der Waals surface area contributed by atoms with Crippen molar-refractivity contribution in [1.29, 1.82) is 5.26 Å². The van der Waals surface area contributed by atoms with Gasteiger partial charge in [-0.15, -0.1) is 0 Å². The van der Waals surface area contributed by atoms with E-state index in [0.29, 0.717) is 11.1 Å². The molecule has 1 amide bonds. The number of hydrogen-bond acceptors (Lipinski definition) is 5. The zero-order chi connectivity index (χ0) is 22.4. The van der Waals surface area contributed by atoms with E-state index in [1.807, 2.05) is 44.2 Å². The molecule has 0 saturated heterocycles. The molecule has 6 heteroatoms. The molecule has 1 aromatic heterocycles. The summed E-state index contributed by atoms with van der Waals surface area (Å²) in [5.41, 5.74) is 5.98. The lowest BCUT2D eigenvalue weighted by atomic mass is 9.93. The van der Waals surface area contributed by atoms with Crippen molar-refractivity contribution in [2.24, 2.45) is 0 Å². The predicted molar refractivity (Wildman–Crippen MR) is 120 cm³/mol. The maximum atomic E-state index is 13.0. The number of aryl methyl sites for hydroxylation is 2. The summed E-state index contributed by atoms with van der Waals surface area (Å²) in [6.45, 7) is 3.88. The number of hydrogen-bond donors (Lipinski definition) is 2. The van der Waals surface area contributed by atoms with Gasteiger partial charge >= 0.3 is 0 Å². The number of carbonyl (C=O) groups excluding carboxylic acids is 1. The van der Waals surface area contributed by atoms with E-state index in [1.54, 1.807) is 24.4 Å². The quantitative estimate of drug-likeness (QED) is 0.614. The summed E-state index contributed by atoms with van der Waals surface area (Å²) in [4.78, 5) is 17.5. The number of methoxy groups -OCH3 is 1. The van der Waals surface area contributed by atoms with Gasteiger partial charge in [0.1, 0.15) is 0 Å². The molecule has 0 fully saturated rings. The van der Waals surface area contributed by atoms with Gasteiger partial charge < -0.3 is 15.2 Å². The third-order valence-corrected chi connectivity index (χ3v) is 4.93. The fourth-order valence-corrected chi connectivity index (χ4v) is 3.30. The van der Waals surface area contributed by atoms with Gasteiger partial charge in [0.25, 0.3) is 5.91 Å². The van der Waals surface area contributed by atoms with Crippen LogP contribution in [0.4, 0.5) is 0 Å². The maximum Gasteiger partial charge on any atom is 0.251 e. The molecule has 2 N–H and O–H groups in total. The van der Waals surface area contributed by atoms with Crippen molar-refractivity contribution in [2.75, 3.05) is 20.3 Å². The van der Waals surface area contributed by atoms with Crippen LogP contribution < -0.4 is 5.32 Å². The molecule has 0 bridgehead atoms. The SMILES string of the molecule is COCC(CO)NC(=O)c1cc(-c2ccc(C)cn2)cc(-c2cc(C)ccc2C#N)c1. The monoisotopic (exact) mass is 415 g/mol. The minimum absolute atomic E-state index is 0.199. The van der Waals surface area contributed by atoms with Crippen LogP contribution in [0, 0.1) is 25.2 Å². The van der Waals surface area contributed by atoms with Crippen LogP contribution in [0.3, 0.4) is 0 Å². The number of aliphatic hydroxyl groups is 1. The number of carbonyl (C=O) groups is 1. The third-order valence-electron chi connectivity index (χ3n) is 4.93. The van der Waals surface area contributed by atoms with Crippen molar-refractivity contribution in [1.82, 2.24) is 10.3 Å². The van der Waals surface area contributed by atoms with Gasteiger partial charge in [-0.3, -0.25) is 9.78 Å². The zero-order valence-electron chi connectivity index (χ0n) is 17.8. The Morgan fingerprint density at radius 2 is 1.87 bits per heavy atom. The number of pyridine rings is 1. The lowest BCUT2D eigenvalue weighted by Crippen LogP contribution is -2.40. The topological polar surface area (TPSA) is 95.2 Å². The van der Waals surface area contributed by atoms with Crippen LogP contribution >= 0.6 is 0 Å². The Bertz CT molecular complexity index is 1120. The zero-order valence-corrected chi connectivity index (χ0v) is 17.8. The fourth-order valence-electron chi connectivity index (χ4n) is 3.30. The van der Waals surface area contributed by atoms with Gasteiger partial charge in [0.15, 0.2) is 0 Å². The summed E-state index contributed by atoms with van der Waals surface area (Å²) in [5.74, 6) is -0.336. The summed E-state index contributed by atoms with van der Waals surface area (Å²) in [7, 11) is 1.51. The summed E-state index contributed by atoms with van der Waals surface area (Å²) in [6.07, 6.45) is 1.77. The molecule has 0 aliphatic rings. The van der Waals surface area contributed by atoms with Crippen LogP contribution in [0.1, 0.15) is 27.0 Å². The van der Waals surface area contributed by atoms with Crippen molar-refractivity contribution >= 4 is 5.91 Å². The van der Waals surface area contributed by atoms with Crippen LogP contribution in [-0.2, 0) is 4.74 Å². The van der Waals surface area contributed by atoms with Crippen molar-refractivity contribution in [3.05, 3.63) is 77.0 Å². The summed E-state index contributed by atoms with van der Waals surface area (Å²) in [5, 5.41) is 21.9. The van der Waals surface area contributed by atoms with E-state index >= 15 is 0 Å². The number of nitrogens with zero attached hydrogens (tertiary/aromatic N) is 2. The van der Waals surface area contributed by atoms with E-state index in [9.17, 15) is 15.2 Å². The summed E-state index contributed by atoms with van der Waals surface area (Å²) in [6, 6.07) is 16.6. The predicted octanol–water partition coefficient (Wildman–Crippen LogP) is 3.64. The number of nitriles is 1. The van der Waals surface area contributed by atoms with E-state index in [0.717, 1.165) is 33.5 Å². The van der Waals surface area contributed by atoms with Crippen LogP contribution in [0.25, 0.3) is 22.4 Å². The number of aliphatic hydroxyl groups excluding tert-OH is 1. The fraction of sp³-hybridized carbons (Fsp3) is 0.240. The largest absolute Gasteiger partial charge is 0.394 e. The summed E-state index contributed by atoms with van der Waals surface area (Å²) >= 11 is 0. The second-order valence-corrected chi connectivity index (χ2v) is 7.49. The Kier molecular flexibility index (Phi) is 7.14. The van der Waals surface area contributed by atoms with Gasteiger partial charge in [-0.2, -0.15) is 5.26 Å². The average molecular weight is 415 g/mol. The highest BCUT2D eigenvalue weighted by atomic mass is 16.5. The van der Waals surface area contributed by atoms with Gasteiger partial charge in [0.05, 0.1) is 36.6 Å². The highest BCUT2D eigenvalue weighted by molar-refractivity contribution is 5.97. The van der Waals surface area contributed by atoms with Crippen molar-refractivity contribution in [3.8, 4) is 28.5 Å². The Morgan fingerprint density at radius 1 is 1.13 bits per heavy atom. The highest BCUT2D eigenvalue weighted by Gasteiger charge is 2.17. The van der Waals surface area contributed by atoms with Gasteiger partial charge in [0, 0.05) is 24.4 Å². The Hall–Kier alpha value is -3.53. The molecule has 3 aromatic rings. The molecule has 1 unspecified atom stereocenters. The average Bonchev–Trinajstić information content (AvgIpc) is 2.78. The third kappa shape index (κ3) is 5.34. The summed E-state index contributed by atoms with van der Waals surface area (Å²) < 4.78 is 5.05. The lowest BCUT2D eigenvalue weighted by Gasteiger charge is -2.17. The maximum absolute atomic E-state index is 13.0. The second kappa shape index (κ2) is 9.98.